The van der Waals surface area contributed by atoms with E-state index >= 15 is 0 Å². The summed E-state index contributed by atoms with van der Waals surface area (Å²) in [5.41, 5.74) is 0. The molecule has 0 aromatic rings. The number of carbonyl (C=O) groups excluding carboxylic acids is 1. The van der Waals surface area contributed by atoms with Crippen LogP contribution in [0.15, 0.2) is 36.5 Å². The predicted octanol–water partition coefficient (Wildman–Crippen LogP) is 15.5. The Balaban J connectivity index is 2.28. The minimum Gasteiger partial charge on any atom is -0.463 e. The lowest BCUT2D eigenvalue weighted by molar-refractivity contribution is -0.152. The Bertz CT molecular complexity index is 927. The number of esters is 1. The standard InChI is InChI=1S/C52H96O5/c1-4-7-10-12-14-16-18-20-22-24-26-28-30-32-34-37-42-55-46-51(47-57-52(54)45-49-40-41-50(53)44-48(49)39-36-9-6-3)56-43-38-35-33-31-29-27-25-23-21-19-17-15-13-11-8-5-2/h9,15,17,21,23,36,48-51,53H,4-8,10-14,16,18-20,22,24-35,37-47H2,1-3H3/b17-15-,23-21-,36-9-. The van der Waals surface area contributed by atoms with Crippen LogP contribution in [0.25, 0.3) is 0 Å². The third kappa shape index (κ3) is 36.2. The molecular formula is C52H96O5. The molecule has 0 spiro atoms. The van der Waals surface area contributed by atoms with Gasteiger partial charge in [-0.05, 0) is 88.9 Å². The van der Waals surface area contributed by atoms with Crippen molar-refractivity contribution >= 4 is 5.97 Å². The Kier molecular flexibility index (Phi) is 40.1. The first-order chi connectivity index (χ1) is 28.1. The van der Waals surface area contributed by atoms with E-state index in [-0.39, 0.29) is 30.7 Å². The molecule has 1 rings (SSSR count). The van der Waals surface area contributed by atoms with E-state index in [2.05, 4.69) is 57.2 Å². The number of rotatable bonds is 42. The summed E-state index contributed by atoms with van der Waals surface area (Å²) in [6.45, 7) is 8.86. The van der Waals surface area contributed by atoms with Gasteiger partial charge in [-0.25, -0.2) is 0 Å². The van der Waals surface area contributed by atoms with Gasteiger partial charge >= 0.3 is 5.97 Å². The van der Waals surface area contributed by atoms with Crippen molar-refractivity contribution < 1.29 is 24.1 Å². The summed E-state index contributed by atoms with van der Waals surface area (Å²) in [6.07, 6.45) is 54.6. The molecule has 5 heteroatoms. The average Bonchev–Trinajstić information content (AvgIpc) is 3.21. The van der Waals surface area contributed by atoms with Crippen LogP contribution in [0.2, 0.25) is 0 Å². The molecule has 4 atom stereocenters. The average molecular weight is 801 g/mol. The van der Waals surface area contributed by atoms with Gasteiger partial charge in [-0.1, -0.05) is 192 Å². The van der Waals surface area contributed by atoms with E-state index in [1.54, 1.807) is 0 Å². The molecule has 0 aliphatic heterocycles. The lowest BCUT2D eigenvalue weighted by Gasteiger charge is -2.33. The summed E-state index contributed by atoms with van der Waals surface area (Å²) in [7, 11) is 0. The van der Waals surface area contributed by atoms with Crippen molar-refractivity contribution in [1.82, 2.24) is 0 Å². The highest BCUT2D eigenvalue weighted by atomic mass is 16.6. The van der Waals surface area contributed by atoms with Gasteiger partial charge in [0.15, 0.2) is 0 Å². The fourth-order valence-electron chi connectivity index (χ4n) is 8.21. The molecule has 0 bridgehead atoms. The molecule has 57 heavy (non-hydrogen) atoms. The van der Waals surface area contributed by atoms with Gasteiger partial charge < -0.3 is 19.3 Å². The first kappa shape index (κ1) is 53.6. The van der Waals surface area contributed by atoms with Gasteiger partial charge in [-0.2, -0.15) is 0 Å². The Morgan fingerprint density at radius 2 is 1.07 bits per heavy atom. The molecule has 5 nitrogen and oxygen atoms in total. The molecule has 1 N–H and O–H groups in total. The summed E-state index contributed by atoms with van der Waals surface area (Å²) in [6, 6.07) is 0. The molecular weight excluding hydrogens is 705 g/mol. The van der Waals surface area contributed by atoms with Crippen LogP contribution in [0.4, 0.5) is 0 Å². The van der Waals surface area contributed by atoms with E-state index in [1.807, 2.05) is 0 Å². The topological polar surface area (TPSA) is 65.0 Å². The normalized spacial score (nSPS) is 18.1. The van der Waals surface area contributed by atoms with Crippen LogP contribution >= 0.6 is 0 Å². The Labute approximate surface area is 355 Å². The first-order valence-electron chi connectivity index (χ1n) is 25.1. The van der Waals surface area contributed by atoms with Crippen molar-refractivity contribution in [2.24, 2.45) is 11.8 Å². The maximum Gasteiger partial charge on any atom is 0.306 e. The molecule has 0 aromatic heterocycles. The van der Waals surface area contributed by atoms with E-state index in [1.165, 1.54) is 161 Å². The van der Waals surface area contributed by atoms with Crippen LogP contribution in [-0.2, 0) is 19.0 Å². The Morgan fingerprint density at radius 3 is 1.65 bits per heavy atom. The van der Waals surface area contributed by atoms with E-state index in [9.17, 15) is 9.90 Å². The molecule has 1 aliphatic carbocycles. The molecule has 0 aromatic carbocycles. The van der Waals surface area contributed by atoms with Crippen molar-refractivity contribution in [2.45, 2.75) is 251 Å². The van der Waals surface area contributed by atoms with Crippen LogP contribution in [-0.4, -0.2) is 49.7 Å². The number of carbonyl (C=O) groups is 1. The summed E-state index contributed by atoms with van der Waals surface area (Å²) in [4.78, 5) is 13.0. The van der Waals surface area contributed by atoms with Gasteiger partial charge in [-0.15, -0.1) is 0 Å². The van der Waals surface area contributed by atoms with Crippen LogP contribution in [0.3, 0.4) is 0 Å². The van der Waals surface area contributed by atoms with Crippen LogP contribution in [0.1, 0.15) is 239 Å². The monoisotopic (exact) mass is 801 g/mol. The second-order valence-electron chi connectivity index (χ2n) is 17.4. The SMILES string of the molecule is CC/C=C\CC1CC(O)CCC1CC(=O)OCC(COCCCCCCCCCCCCCCCCCC)OCCCCCCCC/C=C\C/C=C\CCCCC. The predicted molar refractivity (Wildman–Crippen MR) is 246 cm³/mol. The largest absolute Gasteiger partial charge is 0.463 e. The fourth-order valence-corrected chi connectivity index (χ4v) is 8.21. The van der Waals surface area contributed by atoms with E-state index in [0.717, 1.165) is 58.0 Å². The van der Waals surface area contributed by atoms with Crippen LogP contribution in [0, 0.1) is 11.8 Å². The second-order valence-corrected chi connectivity index (χ2v) is 17.4. The highest BCUT2D eigenvalue weighted by molar-refractivity contribution is 5.69. The summed E-state index contributed by atoms with van der Waals surface area (Å²) in [5, 5.41) is 10.3. The molecule has 1 fully saturated rings. The van der Waals surface area contributed by atoms with Crippen molar-refractivity contribution in [3.05, 3.63) is 36.5 Å². The zero-order valence-corrected chi connectivity index (χ0v) is 38.2. The minimum atomic E-state index is -0.249. The molecule has 334 valence electrons. The molecule has 0 saturated heterocycles. The number of allylic oxidation sites excluding steroid dienone is 6. The summed E-state index contributed by atoms with van der Waals surface area (Å²) < 4.78 is 18.2. The van der Waals surface area contributed by atoms with E-state index < -0.39 is 0 Å². The van der Waals surface area contributed by atoms with E-state index in [0.29, 0.717) is 25.6 Å². The first-order valence-corrected chi connectivity index (χ1v) is 25.1. The Hall–Kier alpha value is -1.43. The fraction of sp³-hybridized carbons (Fsp3) is 0.865. The number of hydrogen-bond acceptors (Lipinski definition) is 5. The molecule has 4 unspecified atom stereocenters. The molecule has 0 heterocycles. The third-order valence-corrected chi connectivity index (χ3v) is 12.0. The highest BCUT2D eigenvalue weighted by Crippen LogP contribution is 2.35. The number of aliphatic hydroxyl groups excluding tert-OH is 1. The molecule has 0 radical (unpaired) electrons. The summed E-state index contributed by atoms with van der Waals surface area (Å²) >= 11 is 0. The van der Waals surface area contributed by atoms with Crippen molar-refractivity contribution in [1.29, 1.82) is 0 Å². The molecule has 1 aliphatic rings. The van der Waals surface area contributed by atoms with Crippen LogP contribution < -0.4 is 0 Å². The second kappa shape index (κ2) is 42.7. The van der Waals surface area contributed by atoms with Gasteiger partial charge in [0.1, 0.15) is 12.7 Å². The maximum absolute atomic E-state index is 13.0. The Morgan fingerprint density at radius 1 is 0.561 bits per heavy atom. The summed E-state index contributed by atoms with van der Waals surface area (Å²) in [5.74, 6) is 0.468. The maximum atomic E-state index is 13.0. The van der Waals surface area contributed by atoms with Gasteiger partial charge in [0.05, 0.1) is 12.7 Å². The van der Waals surface area contributed by atoms with Gasteiger partial charge in [0.2, 0.25) is 0 Å². The number of unbranched alkanes of at least 4 members (excludes halogenated alkanes) is 24. The number of aliphatic hydroxyl groups is 1. The highest BCUT2D eigenvalue weighted by Gasteiger charge is 2.31. The zero-order valence-electron chi connectivity index (χ0n) is 38.2. The molecule has 0 amide bonds. The van der Waals surface area contributed by atoms with Crippen molar-refractivity contribution in [3.63, 3.8) is 0 Å². The number of ether oxygens (including phenoxy) is 3. The number of hydrogen-bond donors (Lipinski definition) is 1. The zero-order chi connectivity index (χ0) is 41.1. The minimum absolute atomic E-state index is 0.138. The van der Waals surface area contributed by atoms with Crippen LogP contribution in [0.5, 0.6) is 0 Å². The van der Waals surface area contributed by atoms with Gasteiger partial charge in [0.25, 0.3) is 0 Å². The molecule has 1 saturated carbocycles. The quantitative estimate of drug-likeness (QED) is 0.0378. The van der Waals surface area contributed by atoms with Crippen molar-refractivity contribution in [3.8, 4) is 0 Å². The van der Waals surface area contributed by atoms with Gasteiger partial charge in [-0.3, -0.25) is 4.79 Å². The lowest BCUT2D eigenvalue weighted by Crippen LogP contribution is -2.31. The van der Waals surface area contributed by atoms with Crippen molar-refractivity contribution in [2.75, 3.05) is 26.4 Å². The van der Waals surface area contributed by atoms with E-state index in [4.69, 9.17) is 14.2 Å². The lowest BCUT2D eigenvalue weighted by atomic mass is 9.74. The van der Waals surface area contributed by atoms with Gasteiger partial charge in [0, 0.05) is 19.6 Å². The third-order valence-electron chi connectivity index (χ3n) is 12.0. The smallest absolute Gasteiger partial charge is 0.306 e.